The van der Waals surface area contributed by atoms with Crippen LogP contribution in [0.2, 0.25) is 5.02 Å². The van der Waals surface area contributed by atoms with Gasteiger partial charge in [0.2, 0.25) is 6.10 Å². The summed E-state index contributed by atoms with van der Waals surface area (Å²) in [6, 6.07) is 8.55. The van der Waals surface area contributed by atoms with Gasteiger partial charge in [0.05, 0.1) is 17.2 Å². The van der Waals surface area contributed by atoms with Gasteiger partial charge >= 0.3 is 11.9 Å². The molecular weight excluding hydrogens is 410 g/mol. The molecule has 9 heteroatoms. The van der Waals surface area contributed by atoms with Crippen molar-refractivity contribution in [2.24, 2.45) is 0 Å². The van der Waals surface area contributed by atoms with Gasteiger partial charge in [-0.15, -0.1) is 0 Å². The highest BCUT2D eigenvalue weighted by Gasteiger charge is 2.24. The van der Waals surface area contributed by atoms with Crippen LogP contribution >= 0.6 is 11.6 Å². The summed E-state index contributed by atoms with van der Waals surface area (Å²) >= 11 is 5.95. The molecule has 0 spiro atoms. The first kappa shape index (κ1) is 23.2. The Morgan fingerprint density at radius 1 is 1.23 bits per heavy atom. The van der Waals surface area contributed by atoms with E-state index in [1.54, 1.807) is 19.1 Å². The van der Waals surface area contributed by atoms with Crippen molar-refractivity contribution in [1.29, 1.82) is 0 Å². The van der Waals surface area contributed by atoms with E-state index in [2.05, 4.69) is 10.3 Å². The molecule has 2 aromatic rings. The van der Waals surface area contributed by atoms with Crippen LogP contribution in [-0.4, -0.2) is 36.0 Å². The number of pyridine rings is 1. The Hall–Kier alpha value is -3.13. The van der Waals surface area contributed by atoms with Crippen molar-refractivity contribution in [3.63, 3.8) is 0 Å². The number of hydrogen-bond acceptors (Lipinski definition) is 7. The van der Waals surface area contributed by atoms with Crippen LogP contribution in [0.5, 0.6) is 0 Å². The van der Waals surface area contributed by atoms with Crippen LogP contribution in [0.1, 0.15) is 47.9 Å². The topological polar surface area (TPSA) is 121 Å². The standard InChI is InChI=1S/C21H24ClN3O5/c1-3-29-21(28)15-8-6-14(7-9-15)5-4-10-24-20(27)18(30-13(2)26)16-11-17(22)19(23)25-12-16/h6-9,11-12,18H,3-5,10H2,1-2H3,(H2,23,25)(H,24,27). The Kier molecular flexibility index (Phi) is 8.61. The minimum atomic E-state index is -1.17. The van der Waals surface area contributed by atoms with Crippen LogP contribution in [0.25, 0.3) is 0 Å². The number of carbonyl (C=O) groups is 3. The fourth-order valence-electron chi connectivity index (χ4n) is 2.66. The molecule has 1 heterocycles. The van der Waals surface area contributed by atoms with Gasteiger partial charge in [-0.3, -0.25) is 9.59 Å². The minimum Gasteiger partial charge on any atom is -0.462 e. The SMILES string of the molecule is CCOC(=O)c1ccc(CCCNC(=O)C(OC(C)=O)c2cnc(N)c(Cl)c2)cc1. The molecule has 0 radical (unpaired) electrons. The molecular formula is C21H24ClN3O5. The molecule has 2 rings (SSSR count). The van der Waals surface area contributed by atoms with E-state index in [0.29, 0.717) is 37.1 Å². The van der Waals surface area contributed by atoms with E-state index in [1.165, 1.54) is 19.2 Å². The lowest BCUT2D eigenvalue weighted by Gasteiger charge is -2.17. The molecule has 0 saturated heterocycles. The predicted molar refractivity (Wildman–Crippen MR) is 112 cm³/mol. The zero-order chi connectivity index (χ0) is 22.1. The van der Waals surface area contributed by atoms with Crippen molar-refractivity contribution in [3.05, 3.63) is 58.2 Å². The molecule has 0 bridgehead atoms. The molecule has 1 atom stereocenters. The van der Waals surface area contributed by atoms with Crippen molar-refractivity contribution in [3.8, 4) is 0 Å². The summed E-state index contributed by atoms with van der Waals surface area (Å²) < 4.78 is 10.1. The van der Waals surface area contributed by atoms with Crippen LogP contribution < -0.4 is 11.1 Å². The number of nitrogens with zero attached hydrogens (tertiary/aromatic N) is 1. The number of amides is 1. The maximum Gasteiger partial charge on any atom is 0.338 e. The maximum absolute atomic E-state index is 12.5. The van der Waals surface area contributed by atoms with Crippen molar-refractivity contribution >= 4 is 35.3 Å². The van der Waals surface area contributed by atoms with Crippen LogP contribution in [0.3, 0.4) is 0 Å². The van der Waals surface area contributed by atoms with Crippen molar-refractivity contribution in [1.82, 2.24) is 10.3 Å². The van der Waals surface area contributed by atoms with Crippen molar-refractivity contribution in [2.75, 3.05) is 18.9 Å². The molecule has 3 N–H and O–H groups in total. The van der Waals surface area contributed by atoms with Gasteiger partial charge in [0.15, 0.2) is 0 Å². The molecule has 1 amide bonds. The first-order chi connectivity index (χ1) is 14.3. The third-order valence-electron chi connectivity index (χ3n) is 4.12. The van der Waals surface area contributed by atoms with E-state index in [0.717, 1.165) is 5.56 Å². The smallest absolute Gasteiger partial charge is 0.338 e. The molecule has 0 fully saturated rings. The van der Waals surface area contributed by atoms with Crippen molar-refractivity contribution < 1.29 is 23.9 Å². The lowest BCUT2D eigenvalue weighted by atomic mass is 10.1. The number of aryl methyl sites for hydroxylation is 1. The number of benzene rings is 1. The van der Waals surface area contributed by atoms with Gasteiger partial charge < -0.3 is 20.5 Å². The Balaban J connectivity index is 1.90. The number of nitrogens with two attached hydrogens (primary N) is 1. The van der Waals surface area contributed by atoms with E-state index >= 15 is 0 Å². The molecule has 1 aromatic heterocycles. The van der Waals surface area contributed by atoms with Crippen LogP contribution in [0.4, 0.5) is 5.82 Å². The van der Waals surface area contributed by atoms with E-state index in [4.69, 9.17) is 26.8 Å². The van der Waals surface area contributed by atoms with Crippen LogP contribution in [-0.2, 0) is 25.5 Å². The van der Waals surface area contributed by atoms with Crippen LogP contribution in [0, 0.1) is 0 Å². The monoisotopic (exact) mass is 433 g/mol. The molecule has 0 saturated carbocycles. The van der Waals surface area contributed by atoms with Gasteiger partial charge in [0.1, 0.15) is 5.82 Å². The first-order valence-corrected chi connectivity index (χ1v) is 9.81. The Morgan fingerprint density at radius 2 is 1.93 bits per heavy atom. The minimum absolute atomic E-state index is 0.122. The summed E-state index contributed by atoms with van der Waals surface area (Å²) in [5.41, 5.74) is 7.42. The molecule has 1 unspecified atom stereocenters. The fraction of sp³-hybridized carbons (Fsp3) is 0.333. The first-order valence-electron chi connectivity index (χ1n) is 9.43. The van der Waals surface area contributed by atoms with E-state index < -0.39 is 18.0 Å². The second-order valence-corrected chi connectivity index (χ2v) is 6.84. The molecule has 0 aliphatic carbocycles. The Labute approximate surface area is 179 Å². The molecule has 8 nitrogen and oxygen atoms in total. The van der Waals surface area contributed by atoms with E-state index in [1.807, 2.05) is 12.1 Å². The van der Waals surface area contributed by atoms with Gasteiger partial charge in [-0.05, 0) is 43.5 Å². The number of nitrogen functional groups attached to an aromatic ring is 1. The third kappa shape index (κ3) is 6.73. The largest absolute Gasteiger partial charge is 0.462 e. The summed E-state index contributed by atoms with van der Waals surface area (Å²) in [5.74, 6) is -1.32. The molecule has 1 aromatic carbocycles. The summed E-state index contributed by atoms with van der Waals surface area (Å²) in [5, 5.41) is 2.92. The van der Waals surface area contributed by atoms with Gasteiger partial charge in [-0.1, -0.05) is 23.7 Å². The maximum atomic E-state index is 12.5. The zero-order valence-electron chi connectivity index (χ0n) is 16.8. The van der Waals surface area contributed by atoms with Crippen molar-refractivity contribution in [2.45, 2.75) is 32.8 Å². The Bertz CT molecular complexity index is 902. The summed E-state index contributed by atoms with van der Waals surface area (Å²) in [7, 11) is 0. The summed E-state index contributed by atoms with van der Waals surface area (Å²) in [6.07, 6.45) is 1.52. The lowest BCUT2D eigenvalue weighted by molar-refractivity contribution is -0.154. The predicted octanol–water partition coefficient (Wildman–Crippen LogP) is 2.85. The number of anilines is 1. The average molecular weight is 434 g/mol. The van der Waals surface area contributed by atoms with Gasteiger partial charge in [-0.25, -0.2) is 9.78 Å². The average Bonchev–Trinajstić information content (AvgIpc) is 2.72. The number of carbonyl (C=O) groups excluding carboxylic acids is 3. The number of ether oxygens (including phenoxy) is 2. The molecule has 0 aliphatic heterocycles. The number of rotatable bonds is 9. The molecule has 160 valence electrons. The Morgan fingerprint density at radius 3 is 2.53 bits per heavy atom. The van der Waals surface area contributed by atoms with E-state index in [9.17, 15) is 14.4 Å². The van der Waals surface area contributed by atoms with Crippen LogP contribution in [0.15, 0.2) is 36.5 Å². The molecule has 0 aliphatic rings. The highest BCUT2D eigenvalue weighted by atomic mass is 35.5. The second kappa shape index (κ2) is 11.2. The number of halogens is 1. The normalized spacial score (nSPS) is 11.4. The number of nitrogens with one attached hydrogen (secondary N) is 1. The quantitative estimate of drug-likeness (QED) is 0.460. The summed E-state index contributed by atoms with van der Waals surface area (Å²) in [6.45, 7) is 3.66. The van der Waals surface area contributed by atoms with E-state index in [-0.39, 0.29) is 16.8 Å². The molecule has 30 heavy (non-hydrogen) atoms. The van der Waals surface area contributed by atoms with Gasteiger partial charge in [-0.2, -0.15) is 0 Å². The highest BCUT2D eigenvalue weighted by molar-refractivity contribution is 6.32. The van der Waals surface area contributed by atoms with Gasteiger partial charge in [0, 0.05) is 25.2 Å². The van der Waals surface area contributed by atoms with Gasteiger partial charge in [0.25, 0.3) is 5.91 Å². The number of hydrogen-bond donors (Lipinski definition) is 2. The fourth-order valence-corrected chi connectivity index (χ4v) is 2.84. The number of aromatic nitrogens is 1. The summed E-state index contributed by atoms with van der Waals surface area (Å²) in [4.78, 5) is 39.5. The lowest BCUT2D eigenvalue weighted by Crippen LogP contribution is -2.32. The highest BCUT2D eigenvalue weighted by Crippen LogP contribution is 2.24. The zero-order valence-corrected chi connectivity index (χ0v) is 17.6. The third-order valence-corrected chi connectivity index (χ3v) is 4.42. The second-order valence-electron chi connectivity index (χ2n) is 6.44. The number of esters is 2.